The predicted molar refractivity (Wildman–Crippen MR) is 116 cm³/mol. The molecule has 1 N–H and O–H groups in total. The van der Waals surface area contributed by atoms with Crippen LogP contribution >= 0.6 is 0 Å². The Hall–Kier alpha value is -2.36. The summed E-state index contributed by atoms with van der Waals surface area (Å²) in [5, 5.41) is 20.2. The zero-order valence-corrected chi connectivity index (χ0v) is 17.5. The van der Waals surface area contributed by atoms with Crippen molar-refractivity contribution in [1.82, 2.24) is 15.0 Å². The number of phenols is 1. The lowest BCUT2D eigenvalue weighted by Gasteiger charge is -2.15. The monoisotopic (exact) mass is 379 g/mol. The zero-order valence-electron chi connectivity index (χ0n) is 17.5. The molecule has 4 heteroatoms. The van der Waals surface area contributed by atoms with Gasteiger partial charge in [0.1, 0.15) is 22.5 Å². The second-order valence-corrected chi connectivity index (χ2v) is 7.99. The number of phenolic OH excluding ortho intramolecular Hbond substituents is 1. The molecule has 1 aromatic heterocycles. The summed E-state index contributed by atoms with van der Waals surface area (Å²) in [6.45, 7) is 6.76. The third-order valence-electron chi connectivity index (χ3n) is 5.51. The maximum absolute atomic E-state index is 11.0. The van der Waals surface area contributed by atoms with E-state index < -0.39 is 0 Å². The zero-order chi connectivity index (χ0) is 19.9. The van der Waals surface area contributed by atoms with E-state index in [1.807, 2.05) is 30.3 Å². The second-order valence-electron chi connectivity index (χ2n) is 7.99. The number of aromatic hydroxyl groups is 1. The van der Waals surface area contributed by atoms with Gasteiger partial charge in [-0.2, -0.15) is 0 Å². The van der Waals surface area contributed by atoms with Crippen molar-refractivity contribution < 1.29 is 5.11 Å². The first-order valence-corrected chi connectivity index (χ1v) is 10.8. The van der Waals surface area contributed by atoms with Gasteiger partial charge in [0.05, 0.1) is 0 Å². The molecule has 2 aromatic carbocycles. The van der Waals surface area contributed by atoms with E-state index in [4.69, 9.17) is 0 Å². The van der Waals surface area contributed by atoms with Gasteiger partial charge in [-0.05, 0) is 60.9 Å². The van der Waals surface area contributed by atoms with Crippen LogP contribution in [0.2, 0.25) is 0 Å². The second kappa shape index (κ2) is 9.72. The van der Waals surface area contributed by atoms with Crippen molar-refractivity contribution in [3.63, 3.8) is 0 Å². The van der Waals surface area contributed by atoms with Gasteiger partial charge in [0.2, 0.25) is 0 Å². The number of fused-ring (bicyclic) bond motifs is 1. The van der Waals surface area contributed by atoms with Gasteiger partial charge in [-0.1, -0.05) is 64.7 Å². The first kappa shape index (κ1) is 20.4. The topological polar surface area (TPSA) is 50.9 Å². The summed E-state index contributed by atoms with van der Waals surface area (Å²) in [6.07, 6.45) is 9.08. The van der Waals surface area contributed by atoms with E-state index in [0.29, 0.717) is 17.4 Å². The van der Waals surface area contributed by atoms with Gasteiger partial charge in [-0.3, -0.25) is 0 Å². The van der Waals surface area contributed by atoms with E-state index in [-0.39, 0.29) is 0 Å². The van der Waals surface area contributed by atoms with Crippen LogP contribution in [0.25, 0.3) is 16.7 Å². The normalized spacial score (nSPS) is 12.5. The summed E-state index contributed by atoms with van der Waals surface area (Å²) in [5.41, 5.74) is 4.66. The minimum atomic E-state index is 0.322. The molecule has 4 nitrogen and oxygen atoms in total. The summed E-state index contributed by atoms with van der Waals surface area (Å²) in [5.74, 6) is 0.996. The number of rotatable bonds is 10. The Morgan fingerprint density at radius 3 is 2.25 bits per heavy atom. The molecule has 150 valence electrons. The summed E-state index contributed by atoms with van der Waals surface area (Å²) in [6, 6.07) is 12.1. The van der Waals surface area contributed by atoms with Crippen LogP contribution in [0.4, 0.5) is 0 Å². The minimum Gasteiger partial charge on any atom is -0.505 e. The van der Waals surface area contributed by atoms with Gasteiger partial charge in [0.25, 0.3) is 0 Å². The van der Waals surface area contributed by atoms with Gasteiger partial charge in [-0.15, -0.1) is 15.0 Å². The Balaban J connectivity index is 1.91. The largest absolute Gasteiger partial charge is 0.505 e. The van der Waals surface area contributed by atoms with Crippen LogP contribution in [0.3, 0.4) is 0 Å². The number of hydrogen-bond acceptors (Lipinski definition) is 3. The highest BCUT2D eigenvalue weighted by Gasteiger charge is 2.15. The van der Waals surface area contributed by atoms with Crippen LogP contribution in [0.15, 0.2) is 36.4 Å². The third-order valence-corrected chi connectivity index (χ3v) is 5.51. The van der Waals surface area contributed by atoms with Gasteiger partial charge >= 0.3 is 0 Å². The maximum atomic E-state index is 11.0. The van der Waals surface area contributed by atoms with Gasteiger partial charge in [-0.25, -0.2) is 0 Å². The van der Waals surface area contributed by atoms with E-state index >= 15 is 0 Å². The molecular weight excluding hydrogens is 346 g/mol. The highest BCUT2D eigenvalue weighted by molar-refractivity contribution is 5.73. The molecule has 1 heterocycles. The lowest BCUT2D eigenvalue weighted by molar-refractivity contribution is 0.443. The highest BCUT2D eigenvalue weighted by Crippen LogP contribution is 2.31. The van der Waals surface area contributed by atoms with Crippen LogP contribution in [-0.4, -0.2) is 20.1 Å². The maximum Gasteiger partial charge on any atom is 0.146 e. The minimum absolute atomic E-state index is 0.322. The lowest BCUT2D eigenvalue weighted by atomic mass is 9.94. The van der Waals surface area contributed by atoms with Crippen molar-refractivity contribution in [3.05, 3.63) is 47.5 Å². The fraction of sp³-hybridized carbons (Fsp3) is 0.500. The Morgan fingerprint density at radius 1 is 0.929 bits per heavy atom. The molecule has 0 aliphatic heterocycles. The van der Waals surface area contributed by atoms with Crippen LogP contribution in [0, 0.1) is 5.92 Å². The Labute approximate surface area is 168 Å². The van der Waals surface area contributed by atoms with Gasteiger partial charge < -0.3 is 5.11 Å². The molecule has 3 aromatic rings. The molecule has 0 fully saturated rings. The number of aromatic nitrogens is 3. The highest BCUT2D eigenvalue weighted by atomic mass is 16.3. The molecule has 1 atom stereocenters. The molecule has 0 saturated heterocycles. The smallest absolute Gasteiger partial charge is 0.146 e. The standard InChI is InChI=1S/C24H33N3O/c1-4-6-10-18(3)14-15-20-16-19(11-7-5-2)17-23(24(20)28)27-25-21-12-8-9-13-22(21)26-27/h8-9,12-13,16-18,28H,4-7,10-11,14-15H2,1-3H3. The molecule has 0 spiro atoms. The summed E-state index contributed by atoms with van der Waals surface area (Å²) >= 11 is 0. The Morgan fingerprint density at radius 2 is 1.61 bits per heavy atom. The van der Waals surface area contributed by atoms with E-state index in [2.05, 4.69) is 37.0 Å². The Kier molecular flexibility index (Phi) is 7.07. The van der Waals surface area contributed by atoms with Crippen molar-refractivity contribution in [2.24, 2.45) is 5.92 Å². The number of benzene rings is 2. The fourth-order valence-electron chi connectivity index (χ4n) is 3.68. The van der Waals surface area contributed by atoms with Crippen LogP contribution in [0.1, 0.15) is 70.4 Å². The summed E-state index contributed by atoms with van der Waals surface area (Å²) < 4.78 is 0. The first-order chi connectivity index (χ1) is 13.6. The SMILES string of the molecule is CCCCc1cc(CCC(C)CCCC)c(O)c(-n2nc3ccccc3n2)c1. The number of aryl methyl sites for hydroxylation is 2. The van der Waals surface area contributed by atoms with Crippen molar-refractivity contribution in [1.29, 1.82) is 0 Å². The van der Waals surface area contributed by atoms with Crippen molar-refractivity contribution in [3.8, 4) is 11.4 Å². The average molecular weight is 380 g/mol. The lowest BCUT2D eigenvalue weighted by Crippen LogP contribution is -2.04. The van der Waals surface area contributed by atoms with E-state index in [1.54, 1.807) is 4.80 Å². The first-order valence-electron chi connectivity index (χ1n) is 10.8. The van der Waals surface area contributed by atoms with Gasteiger partial charge in [0, 0.05) is 0 Å². The molecule has 1 unspecified atom stereocenters. The molecule has 0 radical (unpaired) electrons. The van der Waals surface area contributed by atoms with Crippen LogP contribution in [0.5, 0.6) is 5.75 Å². The quantitative estimate of drug-likeness (QED) is 0.454. The van der Waals surface area contributed by atoms with E-state index in [0.717, 1.165) is 48.7 Å². The molecular formula is C24H33N3O. The molecule has 0 saturated carbocycles. The molecule has 0 bridgehead atoms. The molecule has 0 aliphatic carbocycles. The average Bonchev–Trinajstić information content (AvgIpc) is 3.14. The Bertz CT molecular complexity index is 867. The van der Waals surface area contributed by atoms with Gasteiger partial charge in [0.15, 0.2) is 0 Å². The van der Waals surface area contributed by atoms with Crippen LogP contribution < -0.4 is 0 Å². The third kappa shape index (κ3) is 4.92. The summed E-state index contributed by atoms with van der Waals surface area (Å²) in [4.78, 5) is 1.60. The number of unbranched alkanes of at least 4 members (excludes halogenated alkanes) is 2. The number of nitrogens with zero attached hydrogens (tertiary/aromatic N) is 3. The van der Waals surface area contributed by atoms with E-state index in [1.165, 1.54) is 24.8 Å². The van der Waals surface area contributed by atoms with Crippen molar-refractivity contribution in [2.75, 3.05) is 0 Å². The molecule has 3 rings (SSSR count). The van der Waals surface area contributed by atoms with E-state index in [9.17, 15) is 5.11 Å². The predicted octanol–water partition coefficient (Wildman–Crippen LogP) is 6.23. The molecule has 0 amide bonds. The molecule has 0 aliphatic rings. The summed E-state index contributed by atoms with van der Waals surface area (Å²) in [7, 11) is 0. The van der Waals surface area contributed by atoms with Crippen LogP contribution in [-0.2, 0) is 12.8 Å². The van der Waals surface area contributed by atoms with Crippen molar-refractivity contribution >= 4 is 11.0 Å². The number of hydrogen-bond donors (Lipinski definition) is 1. The fourth-order valence-corrected chi connectivity index (χ4v) is 3.68. The molecule has 28 heavy (non-hydrogen) atoms. The van der Waals surface area contributed by atoms with Crippen molar-refractivity contribution in [2.45, 2.75) is 72.1 Å².